The zero-order valence-electron chi connectivity index (χ0n) is 13.4. The predicted molar refractivity (Wildman–Crippen MR) is 84.3 cm³/mol. The van der Waals surface area contributed by atoms with Gasteiger partial charge in [-0.15, -0.1) is 0 Å². The minimum Gasteiger partial charge on any atom is -0.464 e. The molecule has 0 aliphatic rings. The van der Waals surface area contributed by atoms with Crippen molar-refractivity contribution < 1.29 is 4.74 Å². The fraction of sp³-hybridized carbons (Fsp3) is 0.769. The van der Waals surface area contributed by atoms with E-state index < -0.39 is 0 Å². The first-order chi connectivity index (χ1) is 10.1. The monoisotopic (exact) mass is 297 g/mol. The van der Waals surface area contributed by atoms with E-state index in [1.54, 1.807) is 0 Å². The van der Waals surface area contributed by atoms with Crippen molar-refractivity contribution in [2.24, 2.45) is 5.84 Å². The molecule has 8 nitrogen and oxygen atoms in total. The summed E-state index contributed by atoms with van der Waals surface area (Å²) < 4.78 is 5.27. The van der Waals surface area contributed by atoms with E-state index in [-0.39, 0.29) is 12.0 Å². The zero-order valence-corrected chi connectivity index (χ0v) is 13.4. The number of nitrogens with one attached hydrogen (secondary N) is 2. The van der Waals surface area contributed by atoms with Crippen LogP contribution < -0.4 is 21.3 Å². The molecule has 0 radical (unpaired) electrons. The minimum absolute atomic E-state index is 0.266. The summed E-state index contributed by atoms with van der Waals surface area (Å²) in [6.07, 6.45) is 2.16. The van der Waals surface area contributed by atoms with Crippen LogP contribution in [0.3, 0.4) is 0 Å². The Morgan fingerprint density at radius 1 is 1.19 bits per heavy atom. The molecule has 0 aliphatic heterocycles. The Morgan fingerprint density at radius 3 is 2.52 bits per heavy atom. The molecule has 0 amide bonds. The summed E-state index contributed by atoms with van der Waals surface area (Å²) in [5, 5.41) is 3.16. The predicted octanol–water partition coefficient (Wildman–Crippen LogP) is 1.09. The summed E-state index contributed by atoms with van der Waals surface area (Å²) in [6, 6.07) is 0.843. The van der Waals surface area contributed by atoms with Gasteiger partial charge in [-0.3, -0.25) is 5.43 Å². The molecule has 0 spiro atoms. The highest BCUT2D eigenvalue weighted by atomic mass is 16.5. The number of nitrogens with zero attached hydrogens (tertiary/aromatic N) is 4. The Kier molecular flexibility index (Phi) is 7.70. The standard InChI is InChI=1S/C13H27N7O/c1-5-21-13-17-11(16-12(18-13)19-14)15-8-6-7-9-20(4)10(2)3/h10H,5-9,14H2,1-4H3,(H2,15,16,17,18,19). The summed E-state index contributed by atoms with van der Waals surface area (Å²) in [4.78, 5) is 14.6. The number of nitrogens with two attached hydrogens (primary N) is 1. The third kappa shape index (κ3) is 6.54. The highest BCUT2D eigenvalue weighted by Crippen LogP contribution is 2.10. The van der Waals surface area contributed by atoms with E-state index in [0.29, 0.717) is 18.6 Å². The van der Waals surface area contributed by atoms with Crippen molar-refractivity contribution in [2.75, 3.05) is 37.5 Å². The van der Waals surface area contributed by atoms with Crippen LogP contribution in [-0.2, 0) is 0 Å². The van der Waals surface area contributed by atoms with E-state index in [1.165, 1.54) is 0 Å². The largest absolute Gasteiger partial charge is 0.464 e. The lowest BCUT2D eigenvalue weighted by atomic mass is 10.2. The molecule has 8 heteroatoms. The van der Waals surface area contributed by atoms with E-state index in [4.69, 9.17) is 10.6 Å². The summed E-state index contributed by atoms with van der Waals surface area (Å²) in [5.41, 5.74) is 2.41. The molecule has 0 unspecified atom stereocenters. The molecule has 0 aliphatic carbocycles. The Morgan fingerprint density at radius 2 is 1.90 bits per heavy atom. The van der Waals surface area contributed by atoms with Crippen molar-refractivity contribution >= 4 is 11.9 Å². The highest BCUT2D eigenvalue weighted by molar-refractivity contribution is 5.34. The summed E-state index contributed by atoms with van der Waals surface area (Å²) in [6.45, 7) is 8.63. The second kappa shape index (κ2) is 9.30. The van der Waals surface area contributed by atoms with Gasteiger partial charge in [0.1, 0.15) is 0 Å². The normalized spacial score (nSPS) is 11.0. The van der Waals surface area contributed by atoms with Crippen LogP contribution in [0.25, 0.3) is 0 Å². The quantitative estimate of drug-likeness (QED) is 0.335. The van der Waals surface area contributed by atoms with Gasteiger partial charge in [-0.05, 0) is 47.2 Å². The van der Waals surface area contributed by atoms with Crippen molar-refractivity contribution in [3.63, 3.8) is 0 Å². The topological polar surface area (TPSA) is 101 Å². The molecule has 0 saturated carbocycles. The minimum atomic E-state index is 0.266. The van der Waals surface area contributed by atoms with Gasteiger partial charge in [-0.25, -0.2) is 5.84 Å². The summed E-state index contributed by atoms with van der Waals surface area (Å²) in [7, 11) is 2.14. The first kappa shape index (κ1) is 17.4. The molecule has 1 rings (SSSR count). The number of hydrazine groups is 1. The Bertz CT molecular complexity index is 414. The van der Waals surface area contributed by atoms with Gasteiger partial charge < -0.3 is 15.0 Å². The molecule has 0 bridgehead atoms. The molecular formula is C13H27N7O. The van der Waals surface area contributed by atoms with E-state index in [9.17, 15) is 0 Å². The van der Waals surface area contributed by atoms with Gasteiger partial charge in [0, 0.05) is 12.6 Å². The fourth-order valence-electron chi connectivity index (χ4n) is 1.64. The van der Waals surface area contributed by atoms with Gasteiger partial charge in [0.15, 0.2) is 0 Å². The van der Waals surface area contributed by atoms with E-state index in [0.717, 1.165) is 25.9 Å². The number of hydrogen-bond acceptors (Lipinski definition) is 8. The fourth-order valence-corrected chi connectivity index (χ4v) is 1.64. The number of unbranched alkanes of at least 4 members (excludes halogenated alkanes) is 1. The molecule has 1 aromatic heterocycles. The van der Waals surface area contributed by atoms with Crippen LogP contribution in [0.2, 0.25) is 0 Å². The average molecular weight is 297 g/mol. The van der Waals surface area contributed by atoms with Crippen LogP contribution in [-0.4, -0.2) is 52.6 Å². The number of aromatic nitrogens is 3. The third-order valence-corrected chi connectivity index (χ3v) is 3.12. The maximum atomic E-state index is 5.33. The molecule has 0 saturated heterocycles. The Balaban J connectivity index is 2.39. The lowest BCUT2D eigenvalue weighted by Crippen LogP contribution is -2.27. The van der Waals surface area contributed by atoms with E-state index >= 15 is 0 Å². The van der Waals surface area contributed by atoms with Crippen molar-refractivity contribution in [2.45, 2.75) is 39.7 Å². The summed E-state index contributed by atoms with van der Waals surface area (Å²) in [5.74, 6) is 6.09. The van der Waals surface area contributed by atoms with Gasteiger partial charge in [-0.2, -0.15) is 15.0 Å². The van der Waals surface area contributed by atoms with Crippen LogP contribution in [0.4, 0.5) is 11.9 Å². The molecule has 1 heterocycles. The van der Waals surface area contributed by atoms with Crippen LogP contribution in [0.15, 0.2) is 0 Å². The van der Waals surface area contributed by atoms with Crippen molar-refractivity contribution in [3.05, 3.63) is 0 Å². The lowest BCUT2D eigenvalue weighted by molar-refractivity contribution is 0.269. The van der Waals surface area contributed by atoms with E-state index in [1.807, 2.05) is 6.92 Å². The van der Waals surface area contributed by atoms with Crippen LogP contribution >= 0.6 is 0 Å². The highest BCUT2D eigenvalue weighted by Gasteiger charge is 2.06. The Labute approximate surface area is 126 Å². The average Bonchev–Trinajstić information content (AvgIpc) is 2.46. The van der Waals surface area contributed by atoms with Crippen LogP contribution in [0.1, 0.15) is 33.6 Å². The van der Waals surface area contributed by atoms with Gasteiger partial charge >= 0.3 is 6.01 Å². The molecule has 21 heavy (non-hydrogen) atoms. The number of ether oxygens (including phenoxy) is 1. The number of hydrogen-bond donors (Lipinski definition) is 3. The van der Waals surface area contributed by atoms with Gasteiger partial charge in [0.25, 0.3) is 0 Å². The Hall–Kier alpha value is -1.67. The maximum absolute atomic E-state index is 5.33. The maximum Gasteiger partial charge on any atom is 0.323 e. The van der Waals surface area contributed by atoms with Crippen molar-refractivity contribution in [3.8, 4) is 6.01 Å². The molecule has 4 N–H and O–H groups in total. The first-order valence-corrected chi connectivity index (χ1v) is 7.36. The third-order valence-electron chi connectivity index (χ3n) is 3.12. The van der Waals surface area contributed by atoms with Crippen molar-refractivity contribution in [1.82, 2.24) is 19.9 Å². The number of nitrogen functional groups attached to an aromatic ring is 1. The molecule has 1 aromatic rings. The molecule has 0 fully saturated rings. The molecule has 120 valence electrons. The van der Waals surface area contributed by atoms with Crippen LogP contribution in [0, 0.1) is 0 Å². The van der Waals surface area contributed by atoms with Gasteiger partial charge in [-0.1, -0.05) is 0 Å². The number of rotatable bonds is 10. The van der Waals surface area contributed by atoms with Gasteiger partial charge in [0.05, 0.1) is 6.61 Å². The lowest BCUT2D eigenvalue weighted by Gasteiger charge is -2.20. The first-order valence-electron chi connectivity index (χ1n) is 7.36. The van der Waals surface area contributed by atoms with Gasteiger partial charge in [0.2, 0.25) is 11.9 Å². The second-order valence-corrected chi connectivity index (χ2v) is 5.05. The van der Waals surface area contributed by atoms with E-state index in [2.05, 4.69) is 51.5 Å². The van der Waals surface area contributed by atoms with Crippen molar-refractivity contribution in [1.29, 1.82) is 0 Å². The summed E-state index contributed by atoms with van der Waals surface area (Å²) >= 11 is 0. The van der Waals surface area contributed by atoms with Crippen LogP contribution in [0.5, 0.6) is 6.01 Å². The molecule has 0 aromatic carbocycles. The number of anilines is 2. The second-order valence-electron chi connectivity index (χ2n) is 5.05. The zero-order chi connectivity index (χ0) is 15.7. The SMILES string of the molecule is CCOc1nc(NN)nc(NCCCCN(C)C(C)C)n1. The molecule has 0 atom stereocenters. The molecular weight excluding hydrogens is 270 g/mol. The smallest absolute Gasteiger partial charge is 0.323 e.